The van der Waals surface area contributed by atoms with E-state index in [2.05, 4.69) is 10.3 Å². The minimum absolute atomic E-state index is 0.546. The van der Waals surface area contributed by atoms with E-state index in [1.54, 1.807) is 0 Å². The van der Waals surface area contributed by atoms with Gasteiger partial charge in [-0.25, -0.2) is 9.78 Å². The van der Waals surface area contributed by atoms with Crippen molar-refractivity contribution in [3.63, 3.8) is 0 Å². The lowest BCUT2D eigenvalue weighted by Crippen LogP contribution is -2.43. The maximum Gasteiger partial charge on any atom is 0.416 e. The quantitative estimate of drug-likeness (QED) is 0.838. The lowest BCUT2D eigenvalue weighted by Gasteiger charge is -2.25. The number of hydrogen-bond acceptors (Lipinski definition) is 4. The number of carboxylic acid groups (broad SMARTS) is 1. The topological polar surface area (TPSA) is 62.2 Å². The molecule has 0 amide bonds. The largest absolute Gasteiger partial charge is 0.480 e. The van der Waals surface area contributed by atoms with Crippen LogP contribution >= 0.6 is 11.3 Å². The molecular formula is C16H15F3N2O2S. The fraction of sp³-hybridized carbons (Fsp3) is 0.375. The van der Waals surface area contributed by atoms with Crippen molar-refractivity contribution in [3.05, 3.63) is 36.0 Å². The molecule has 1 saturated carbocycles. The maximum atomic E-state index is 12.6. The summed E-state index contributed by atoms with van der Waals surface area (Å²) < 4.78 is 37.8. The molecule has 0 saturated heterocycles. The van der Waals surface area contributed by atoms with Gasteiger partial charge in [-0.1, -0.05) is 36.3 Å². The summed E-state index contributed by atoms with van der Waals surface area (Å²) in [6.07, 6.45) is -0.0371. The minimum atomic E-state index is -4.37. The number of hydrogen-bond donors (Lipinski definition) is 2. The standard InChI is InChI=1S/C16H15F3N2O2S/c17-16(18,19)11-5-3-10(4-6-11)13-20-9-12(24-13)21-15(14(22)23)7-1-2-8-15/h3-6,9,21H,1-2,7-8H2,(H,22,23). The van der Waals surface area contributed by atoms with Crippen LogP contribution in [0.25, 0.3) is 10.6 Å². The summed E-state index contributed by atoms with van der Waals surface area (Å²) in [5.74, 6) is -0.885. The summed E-state index contributed by atoms with van der Waals surface area (Å²) in [4.78, 5) is 15.7. The molecule has 128 valence electrons. The second kappa shape index (κ2) is 6.08. The van der Waals surface area contributed by atoms with Gasteiger partial charge in [0, 0.05) is 5.56 Å². The average molecular weight is 356 g/mol. The Hall–Kier alpha value is -2.09. The maximum absolute atomic E-state index is 12.6. The molecule has 0 unspecified atom stereocenters. The third kappa shape index (κ3) is 3.24. The normalized spacial score (nSPS) is 17.0. The first-order valence-corrected chi connectivity index (χ1v) is 8.27. The van der Waals surface area contributed by atoms with Gasteiger partial charge in [0.25, 0.3) is 0 Å². The van der Waals surface area contributed by atoms with E-state index in [9.17, 15) is 23.1 Å². The summed E-state index contributed by atoms with van der Waals surface area (Å²) in [6.45, 7) is 0. The van der Waals surface area contributed by atoms with Gasteiger partial charge in [-0.2, -0.15) is 13.2 Å². The van der Waals surface area contributed by atoms with Gasteiger partial charge in [-0.05, 0) is 25.0 Å². The van der Waals surface area contributed by atoms with Crippen molar-refractivity contribution in [2.75, 3.05) is 5.32 Å². The van der Waals surface area contributed by atoms with E-state index >= 15 is 0 Å². The predicted octanol–water partition coefficient (Wildman–Crippen LogP) is 4.64. The SMILES string of the molecule is O=C(O)C1(Nc2cnc(-c3ccc(C(F)(F)F)cc3)s2)CCCC1. The number of carboxylic acids is 1. The van der Waals surface area contributed by atoms with E-state index in [0.717, 1.165) is 25.0 Å². The third-order valence-electron chi connectivity index (χ3n) is 4.19. The molecule has 0 aliphatic heterocycles. The molecule has 1 aliphatic rings. The molecule has 1 aromatic heterocycles. The van der Waals surface area contributed by atoms with Crippen molar-refractivity contribution in [2.45, 2.75) is 37.4 Å². The molecule has 0 atom stereocenters. The van der Waals surface area contributed by atoms with Gasteiger partial charge < -0.3 is 10.4 Å². The van der Waals surface area contributed by atoms with Crippen molar-refractivity contribution in [1.82, 2.24) is 4.98 Å². The van der Waals surface area contributed by atoms with Crippen LogP contribution in [-0.2, 0) is 11.0 Å². The number of alkyl halides is 3. The number of thiazole rings is 1. The fourth-order valence-corrected chi connectivity index (χ4v) is 3.79. The van der Waals surface area contributed by atoms with E-state index in [4.69, 9.17) is 0 Å². The van der Waals surface area contributed by atoms with Gasteiger partial charge in [0.1, 0.15) is 15.5 Å². The van der Waals surface area contributed by atoms with Crippen LogP contribution in [0.4, 0.5) is 18.2 Å². The van der Waals surface area contributed by atoms with E-state index in [1.165, 1.54) is 29.7 Å². The van der Waals surface area contributed by atoms with Gasteiger partial charge in [0.2, 0.25) is 0 Å². The first-order valence-electron chi connectivity index (χ1n) is 7.45. The van der Waals surface area contributed by atoms with Crippen LogP contribution in [0.2, 0.25) is 0 Å². The summed E-state index contributed by atoms with van der Waals surface area (Å²) in [5.41, 5.74) is -1.11. The fourth-order valence-electron chi connectivity index (χ4n) is 2.87. The Balaban J connectivity index is 1.79. The Morgan fingerprint density at radius 3 is 2.38 bits per heavy atom. The highest BCUT2D eigenvalue weighted by Crippen LogP contribution is 2.37. The van der Waals surface area contributed by atoms with Gasteiger partial charge in [0.05, 0.1) is 11.8 Å². The van der Waals surface area contributed by atoms with Gasteiger partial charge >= 0.3 is 12.1 Å². The van der Waals surface area contributed by atoms with Crippen LogP contribution in [0.3, 0.4) is 0 Å². The van der Waals surface area contributed by atoms with Crippen LogP contribution in [-0.4, -0.2) is 21.6 Å². The Morgan fingerprint density at radius 1 is 1.21 bits per heavy atom. The van der Waals surface area contributed by atoms with E-state index < -0.39 is 23.2 Å². The van der Waals surface area contributed by atoms with E-state index in [1.807, 2.05) is 0 Å². The van der Waals surface area contributed by atoms with Crippen LogP contribution in [0.15, 0.2) is 30.5 Å². The molecule has 4 nitrogen and oxygen atoms in total. The lowest BCUT2D eigenvalue weighted by molar-refractivity contribution is -0.142. The van der Waals surface area contributed by atoms with Crippen LogP contribution in [0.1, 0.15) is 31.2 Å². The molecule has 1 fully saturated rings. The van der Waals surface area contributed by atoms with Crippen LogP contribution in [0.5, 0.6) is 0 Å². The number of halogens is 3. The highest BCUT2D eigenvalue weighted by atomic mass is 32.1. The lowest BCUT2D eigenvalue weighted by atomic mass is 9.98. The zero-order valence-electron chi connectivity index (χ0n) is 12.6. The summed E-state index contributed by atoms with van der Waals surface area (Å²) in [7, 11) is 0. The number of aromatic nitrogens is 1. The molecule has 1 aliphatic carbocycles. The van der Waals surface area contributed by atoms with Crippen molar-refractivity contribution >= 4 is 22.3 Å². The van der Waals surface area contributed by atoms with E-state index in [0.29, 0.717) is 28.4 Å². The predicted molar refractivity (Wildman–Crippen MR) is 85.0 cm³/mol. The van der Waals surface area contributed by atoms with Gasteiger partial charge in [-0.3, -0.25) is 0 Å². The van der Waals surface area contributed by atoms with Gasteiger partial charge in [-0.15, -0.1) is 0 Å². The second-order valence-electron chi connectivity index (χ2n) is 5.82. The number of benzene rings is 1. The second-order valence-corrected chi connectivity index (χ2v) is 6.85. The summed E-state index contributed by atoms with van der Waals surface area (Å²) in [5, 5.41) is 13.7. The molecule has 0 radical (unpaired) electrons. The molecule has 2 aromatic rings. The third-order valence-corrected chi connectivity index (χ3v) is 5.16. The molecule has 3 rings (SSSR count). The number of nitrogens with zero attached hydrogens (tertiary/aromatic N) is 1. The van der Waals surface area contributed by atoms with Crippen molar-refractivity contribution in [2.24, 2.45) is 0 Å². The summed E-state index contributed by atoms with van der Waals surface area (Å²) >= 11 is 1.24. The zero-order chi connectivity index (χ0) is 17.4. The zero-order valence-corrected chi connectivity index (χ0v) is 13.4. The van der Waals surface area contributed by atoms with Crippen LogP contribution < -0.4 is 5.32 Å². The van der Waals surface area contributed by atoms with Crippen molar-refractivity contribution in [1.29, 1.82) is 0 Å². The Labute approximate surface area is 140 Å². The first kappa shape index (κ1) is 16.8. The number of anilines is 1. The minimum Gasteiger partial charge on any atom is -0.480 e. The smallest absolute Gasteiger partial charge is 0.416 e. The van der Waals surface area contributed by atoms with E-state index in [-0.39, 0.29) is 0 Å². The number of rotatable bonds is 4. The molecule has 0 bridgehead atoms. The molecule has 2 N–H and O–H groups in total. The Kier molecular flexibility index (Phi) is 4.25. The monoisotopic (exact) mass is 356 g/mol. The Bertz CT molecular complexity index is 735. The molecule has 24 heavy (non-hydrogen) atoms. The molecule has 1 heterocycles. The molecule has 8 heteroatoms. The number of carbonyl (C=O) groups is 1. The number of aliphatic carboxylic acids is 1. The van der Waals surface area contributed by atoms with Gasteiger partial charge in [0.15, 0.2) is 0 Å². The molecular weight excluding hydrogens is 341 g/mol. The molecule has 0 spiro atoms. The first-order chi connectivity index (χ1) is 11.3. The number of nitrogens with one attached hydrogen (secondary N) is 1. The van der Waals surface area contributed by atoms with Crippen LogP contribution in [0, 0.1) is 0 Å². The average Bonchev–Trinajstić information content (AvgIpc) is 3.17. The Morgan fingerprint density at radius 2 is 1.83 bits per heavy atom. The summed E-state index contributed by atoms with van der Waals surface area (Å²) in [6, 6.07) is 4.76. The molecule has 1 aromatic carbocycles. The van der Waals surface area contributed by atoms with Crippen molar-refractivity contribution in [3.8, 4) is 10.6 Å². The highest BCUT2D eigenvalue weighted by Gasteiger charge is 2.41. The van der Waals surface area contributed by atoms with Crippen molar-refractivity contribution < 1.29 is 23.1 Å². The highest BCUT2D eigenvalue weighted by molar-refractivity contribution is 7.18.